The third-order valence-corrected chi connectivity index (χ3v) is 8.11. The third kappa shape index (κ3) is 7.26. The molecule has 4 nitrogen and oxygen atoms in total. The van der Waals surface area contributed by atoms with Crippen LogP contribution in [-0.2, 0) is 10.0 Å². The van der Waals surface area contributed by atoms with Crippen LogP contribution in [0.2, 0.25) is 0 Å². The van der Waals surface area contributed by atoms with Crippen LogP contribution in [0, 0.1) is 6.92 Å². The number of unbranched alkanes of at least 4 members (excludes halogenated alkanes) is 1. The van der Waals surface area contributed by atoms with Crippen molar-refractivity contribution in [1.29, 1.82) is 0 Å². The molecule has 2 unspecified atom stereocenters. The Bertz CT molecular complexity index is 1250. The zero-order valence-electron chi connectivity index (χ0n) is 20.9. The maximum atomic E-state index is 13.5. The van der Waals surface area contributed by atoms with Crippen molar-refractivity contribution in [1.82, 2.24) is 10.0 Å². The molecule has 0 radical (unpaired) electrons. The van der Waals surface area contributed by atoms with Gasteiger partial charge in [-0.25, -0.2) is 13.1 Å². The van der Waals surface area contributed by atoms with E-state index < -0.39 is 16.1 Å². The highest BCUT2D eigenvalue weighted by Crippen LogP contribution is 2.31. The SMILES string of the molecule is Cc1ccc(S(=O)(=O)NC(c2ccccc2)C(NCCCCC2=CC=CCC2)c2ccccc2)cc1. The molecule has 0 bridgehead atoms. The van der Waals surface area contributed by atoms with Gasteiger partial charge in [0.25, 0.3) is 0 Å². The van der Waals surface area contributed by atoms with Crippen LogP contribution >= 0.6 is 0 Å². The number of sulfonamides is 1. The Morgan fingerprint density at radius 1 is 0.806 bits per heavy atom. The molecule has 0 spiro atoms. The molecule has 4 rings (SSSR count). The van der Waals surface area contributed by atoms with Gasteiger partial charge in [0.05, 0.1) is 17.0 Å². The molecule has 0 fully saturated rings. The first kappa shape index (κ1) is 26.1. The van der Waals surface area contributed by atoms with Gasteiger partial charge in [0.2, 0.25) is 10.0 Å². The largest absolute Gasteiger partial charge is 0.308 e. The van der Waals surface area contributed by atoms with E-state index in [4.69, 9.17) is 0 Å². The van der Waals surface area contributed by atoms with Crippen LogP contribution in [-0.4, -0.2) is 15.0 Å². The highest BCUT2D eigenvalue weighted by molar-refractivity contribution is 7.89. The molecule has 0 saturated heterocycles. The lowest BCUT2D eigenvalue weighted by Gasteiger charge is -2.30. The monoisotopic (exact) mass is 500 g/mol. The lowest BCUT2D eigenvalue weighted by Crippen LogP contribution is -2.39. The van der Waals surface area contributed by atoms with Gasteiger partial charge in [0.1, 0.15) is 0 Å². The minimum atomic E-state index is -3.73. The van der Waals surface area contributed by atoms with E-state index in [-0.39, 0.29) is 10.9 Å². The number of hydrogen-bond donors (Lipinski definition) is 2. The van der Waals surface area contributed by atoms with Crippen molar-refractivity contribution >= 4 is 10.0 Å². The van der Waals surface area contributed by atoms with Gasteiger partial charge in [-0.15, -0.1) is 0 Å². The zero-order valence-corrected chi connectivity index (χ0v) is 21.8. The highest BCUT2D eigenvalue weighted by atomic mass is 32.2. The average Bonchev–Trinajstić information content (AvgIpc) is 2.91. The van der Waals surface area contributed by atoms with Crippen molar-refractivity contribution in [3.63, 3.8) is 0 Å². The summed E-state index contributed by atoms with van der Waals surface area (Å²) >= 11 is 0. The third-order valence-electron chi connectivity index (χ3n) is 6.65. The standard InChI is InChI=1S/C31H36N2O2S/c1-25-20-22-29(23-21-25)36(34,35)33-31(28-18-9-4-10-19-28)30(27-16-7-3-8-17-27)32-24-12-11-15-26-13-5-2-6-14-26/h2-5,7-10,13,16-23,30-33H,6,11-12,14-15,24H2,1H3. The molecule has 0 heterocycles. The summed E-state index contributed by atoms with van der Waals surface area (Å²) in [6, 6.07) is 26.3. The van der Waals surface area contributed by atoms with Crippen LogP contribution in [0.25, 0.3) is 0 Å². The molecule has 0 saturated carbocycles. The summed E-state index contributed by atoms with van der Waals surface area (Å²) < 4.78 is 30.0. The van der Waals surface area contributed by atoms with Crippen molar-refractivity contribution in [2.45, 2.75) is 56.0 Å². The van der Waals surface area contributed by atoms with E-state index in [2.05, 4.69) is 40.4 Å². The fourth-order valence-corrected chi connectivity index (χ4v) is 5.86. The van der Waals surface area contributed by atoms with E-state index in [0.717, 1.165) is 55.3 Å². The number of rotatable bonds is 12. The molecular formula is C31H36N2O2S. The average molecular weight is 501 g/mol. The van der Waals surface area contributed by atoms with E-state index in [1.807, 2.05) is 67.6 Å². The summed E-state index contributed by atoms with van der Waals surface area (Å²) in [5.74, 6) is 0. The quantitative estimate of drug-likeness (QED) is 0.269. The second-order valence-corrected chi connectivity index (χ2v) is 11.1. The molecule has 1 aliphatic carbocycles. The lowest BCUT2D eigenvalue weighted by molar-refractivity contribution is 0.417. The van der Waals surface area contributed by atoms with Gasteiger partial charge in [-0.1, -0.05) is 102 Å². The minimum absolute atomic E-state index is 0.217. The molecule has 0 aromatic heterocycles. The first-order valence-electron chi connectivity index (χ1n) is 12.8. The van der Waals surface area contributed by atoms with E-state index >= 15 is 0 Å². The van der Waals surface area contributed by atoms with Crippen LogP contribution in [0.5, 0.6) is 0 Å². The first-order chi connectivity index (χ1) is 17.5. The molecule has 36 heavy (non-hydrogen) atoms. The minimum Gasteiger partial charge on any atom is -0.308 e. The van der Waals surface area contributed by atoms with Gasteiger partial charge in [-0.05, 0) is 68.8 Å². The van der Waals surface area contributed by atoms with Crippen molar-refractivity contribution in [2.75, 3.05) is 6.54 Å². The van der Waals surface area contributed by atoms with Crippen LogP contribution < -0.4 is 10.0 Å². The van der Waals surface area contributed by atoms with Crippen molar-refractivity contribution < 1.29 is 8.42 Å². The second-order valence-electron chi connectivity index (χ2n) is 9.41. The fourth-order valence-electron chi connectivity index (χ4n) is 4.63. The Hall–Kier alpha value is -2.99. The Balaban J connectivity index is 1.55. The fraction of sp³-hybridized carbons (Fsp3) is 0.290. The zero-order chi connectivity index (χ0) is 25.2. The molecule has 5 heteroatoms. The van der Waals surface area contributed by atoms with E-state index in [0.29, 0.717) is 0 Å². The summed E-state index contributed by atoms with van der Waals surface area (Å²) in [7, 11) is -3.73. The Morgan fingerprint density at radius 2 is 1.44 bits per heavy atom. The predicted octanol–water partition coefficient (Wildman–Crippen LogP) is 6.79. The number of allylic oxidation sites excluding steroid dienone is 4. The summed E-state index contributed by atoms with van der Waals surface area (Å²) in [5, 5.41) is 3.70. The molecule has 0 aliphatic heterocycles. The smallest absolute Gasteiger partial charge is 0.241 e. The normalized spacial score (nSPS) is 15.3. The van der Waals surface area contributed by atoms with Crippen molar-refractivity contribution in [3.05, 3.63) is 125 Å². The molecule has 188 valence electrons. The molecule has 0 amide bonds. The number of nitrogens with one attached hydrogen (secondary N) is 2. The van der Waals surface area contributed by atoms with Gasteiger partial charge < -0.3 is 5.32 Å². The van der Waals surface area contributed by atoms with E-state index in [1.165, 1.54) is 5.57 Å². The lowest BCUT2D eigenvalue weighted by atomic mass is 9.93. The molecule has 2 N–H and O–H groups in total. The molecule has 3 aromatic carbocycles. The van der Waals surface area contributed by atoms with Crippen LogP contribution in [0.4, 0.5) is 0 Å². The van der Waals surface area contributed by atoms with Gasteiger partial charge in [-0.3, -0.25) is 0 Å². The summed E-state index contributed by atoms with van der Waals surface area (Å²) in [4.78, 5) is 0.274. The molecule has 3 aromatic rings. The maximum absolute atomic E-state index is 13.5. The molecular weight excluding hydrogens is 464 g/mol. The van der Waals surface area contributed by atoms with Gasteiger partial charge in [0, 0.05) is 0 Å². The Labute approximate surface area is 216 Å². The van der Waals surface area contributed by atoms with Crippen molar-refractivity contribution in [3.8, 4) is 0 Å². The number of hydrogen-bond acceptors (Lipinski definition) is 3. The van der Waals surface area contributed by atoms with Gasteiger partial charge in [-0.2, -0.15) is 0 Å². The van der Waals surface area contributed by atoms with Crippen molar-refractivity contribution in [2.24, 2.45) is 0 Å². The van der Waals surface area contributed by atoms with Gasteiger partial charge in [0.15, 0.2) is 0 Å². The summed E-state index contributed by atoms with van der Waals surface area (Å²) in [5.41, 5.74) is 4.52. The second kappa shape index (κ2) is 12.8. The summed E-state index contributed by atoms with van der Waals surface area (Å²) in [6.45, 7) is 2.76. The Kier molecular flexibility index (Phi) is 9.29. The number of aryl methyl sites for hydroxylation is 1. The Morgan fingerprint density at radius 3 is 2.06 bits per heavy atom. The maximum Gasteiger partial charge on any atom is 0.241 e. The van der Waals surface area contributed by atoms with Crippen LogP contribution in [0.15, 0.2) is 114 Å². The van der Waals surface area contributed by atoms with Gasteiger partial charge >= 0.3 is 0 Å². The van der Waals surface area contributed by atoms with E-state index in [9.17, 15) is 8.42 Å². The molecule has 1 aliphatic rings. The predicted molar refractivity (Wildman–Crippen MR) is 148 cm³/mol. The highest BCUT2D eigenvalue weighted by Gasteiger charge is 2.29. The molecule has 2 atom stereocenters. The topological polar surface area (TPSA) is 58.2 Å². The first-order valence-corrected chi connectivity index (χ1v) is 14.3. The van der Waals surface area contributed by atoms with Crippen LogP contribution in [0.1, 0.15) is 60.9 Å². The van der Waals surface area contributed by atoms with E-state index in [1.54, 1.807) is 12.1 Å². The summed E-state index contributed by atoms with van der Waals surface area (Å²) in [6.07, 6.45) is 12.2. The number of benzene rings is 3. The van der Waals surface area contributed by atoms with Crippen LogP contribution in [0.3, 0.4) is 0 Å².